The van der Waals surface area contributed by atoms with Crippen molar-refractivity contribution in [2.75, 3.05) is 50.5 Å². The second-order valence-electron chi connectivity index (χ2n) is 8.63. The molecule has 1 saturated heterocycles. The van der Waals surface area contributed by atoms with E-state index in [0.29, 0.717) is 43.6 Å². The van der Waals surface area contributed by atoms with Gasteiger partial charge in [0.1, 0.15) is 11.6 Å². The van der Waals surface area contributed by atoms with E-state index in [1.54, 1.807) is 36.2 Å². The van der Waals surface area contributed by atoms with Gasteiger partial charge in [-0.05, 0) is 41.5 Å². The zero-order valence-electron chi connectivity index (χ0n) is 20.4. The van der Waals surface area contributed by atoms with Crippen LogP contribution in [0.5, 0.6) is 0 Å². The third-order valence-corrected chi connectivity index (χ3v) is 6.08. The monoisotopic (exact) mass is 524 g/mol. The Bertz CT molecular complexity index is 1340. The number of nitrogens with zero attached hydrogens (tertiary/aromatic N) is 5. The first kappa shape index (κ1) is 25.9. The Morgan fingerprint density at radius 1 is 1.14 bits per heavy atom. The zero-order valence-corrected chi connectivity index (χ0v) is 21.1. The van der Waals surface area contributed by atoms with E-state index in [1.807, 2.05) is 24.3 Å². The Balaban J connectivity index is 1.68. The van der Waals surface area contributed by atoms with Gasteiger partial charge in [0, 0.05) is 63.8 Å². The first-order chi connectivity index (χ1) is 17.7. The quantitative estimate of drug-likeness (QED) is 0.455. The normalized spacial score (nSPS) is 13.6. The van der Waals surface area contributed by atoms with Gasteiger partial charge >= 0.3 is 12.0 Å². The molecule has 0 atom stereocenters. The van der Waals surface area contributed by atoms with Crippen LogP contribution < -0.4 is 10.2 Å². The molecular weight excluding hydrogens is 499 g/mol. The number of urea groups is 1. The molecular formula is C26H26ClFN6O3. The maximum Gasteiger partial charge on any atom is 0.328 e. The van der Waals surface area contributed by atoms with Crippen LogP contribution in [0.1, 0.15) is 5.56 Å². The molecule has 3 aromatic rings. The average molecular weight is 525 g/mol. The van der Waals surface area contributed by atoms with E-state index in [2.05, 4.69) is 15.2 Å². The lowest BCUT2D eigenvalue weighted by Gasteiger charge is -2.37. The average Bonchev–Trinajstić information content (AvgIpc) is 2.89. The zero-order chi connectivity index (χ0) is 26.5. The fourth-order valence-corrected chi connectivity index (χ4v) is 4.13. The molecule has 11 heteroatoms. The summed E-state index contributed by atoms with van der Waals surface area (Å²) < 4.78 is 13.6. The molecule has 1 aliphatic rings. The highest BCUT2D eigenvalue weighted by molar-refractivity contribution is 6.31. The molecule has 0 spiro atoms. The minimum absolute atomic E-state index is 0.0187. The van der Waals surface area contributed by atoms with Gasteiger partial charge in [-0.15, -0.1) is 0 Å². The molecule has 2 aromatic carbocycles. The van der Waals surface area contributed by atoms with Gasteiger partial charge in [-0.3, -0.25) is 0 Å². The van der Waals surface area contributed by atoms with E-state index in [0.717, 1.165) is 22.8 Å². The third-order valence-electron chi connectivity index (χ3n) is 5.79. The number of carbonyl (C=O) groups is 2. The van der Waals surface area contributed by atoms with Crippen LogP contribution in [0.15, 0.2) is 54.7 Å². The second kappa shape index (κ2) is 11.3. The van der Waals surface area contributed by atoms with Crippen LogP contribution in [0.3, 0.4) is 0 Å². The molecule has 1 fully saturated rings. The van der Waals surface area contributed by atoms with Crippen molar-refractivity contribution in [3.63, 3.8) is 0 Å². The van der Waals surface area contributed by atoms with Crippen molar-refractivity contribution < 1.29 is 19.1 Å². The molecule has 192 valence electrons. The number of benzene rings is 2. The van der Waals surface area contributed by atoms with E-state index in [1.165, 1.54) is 18.2 Å². The maximum atomic E-state index is 13.6. The Morgan fingerprint density at radius 3 is 2.57 bits per heavy atom. The lowest BCUT2D eigenvalue weighted by molar-refractivity contribution is -0.131. The Kier molecular flexibility index (Phi) is 7.88. The summed E-state index contributed by atoms with van der Waals surface area (Å²) in [4.78, 5) is 38.0. The molecule has 2 N–H and O–H groups in total. The standard InChI is InChI=1S/C26H26ClFN6O3/c1-32(2)26(37)34-12-10-33(11-13-34)24-20(18-5-3-4-17(14-18)6-9-23(35)36)16-29-25(31-24)30-19-7-8-22(28)21(27)15-19/h3-9,14-16H,10-13H2,1-2H3,(H,35,36)(H,29,30,31). The van der Waals surface area contributed by atoms with Gasteiger partial charge in [0.05, 0.1) is 5.02 Å². The van der Waals surface area contributed by atoms with Crippen molar-refractivity contribution >= 4 is 47.1 Å². The summed E-state index contributed by atoms with van der Waals surface area (Å²) in [5.74, 6) is -0.598. The number of hydrogen-bond acceptors (Lipinski definition) is 6. The highest BCUT2D eigenvalue weighted by Crippen LogP contribution is 2.32. The molecule has 0 unspecified atom stereocenters. The van der Waals surface area contributed by atoms with Crippen LogP contribution in [-0.2, 0) is 4.79 Å². The maximum absolute atomic E-state index is 13.6. The summed E-state index contributed by atoms with van der Waals surface area (Å²) in [6.07, 6.45) is 4.29. The number of aliphatic carboxylic acids is 1. The van der Waals surface area contributed by atoms with Crippen molar-refractivity contribution in [3.8, 4) is 11.1 Å². The molecule has 0 aliphatic carbocycles. The van der Waals surface area contributed by atoms with E-state index in [9.17, 15) is 14.0 Å². The SMILES string of the molecule is CN(C)C(=O)N1CCN(c2nc(Nc3ccc(F)c(Cl)c3)ncc2-c2cccc(C=CC(=O)O)c2)CC1. The minimum Gasteiger partial charge on any atom is -0.478 e. The third kappa shape index (κ3) is 6.34. The number of amides is 2. The molecule has 2 amide bonds. The fourth-order valence-electron chi connectivity index (χ4n) is 3.95. The molecule has 1 aliphatic heterocycles. The van der Waals surface area contributed by atoms with Gasteiger partial charge in [0.2, 0.25) is 5.95 Å². The Morgan fingerprint density at radius 2 is 1.89 bits per heavy atom. The molecule has 0 saturated carbocycles. The summed E-state index contributed by atoms with van der Waals surface area (Å²) in [7, 11) is 3.45. The van der Waals surface area contributed by atoms with Crippen LogP contribution in [0.4, 0.5) is 26.6 Å². The predicted octanol–water partition coefficient (Wildman–Crippen LogP) is 4.58. The Hall–Kier alpha value is -4.18. The van der Waals surface area contributed by atoms with Crippen molar-refractivity contribution in [1.29, 1.82) is 0 Å². The van der Waals surface area contributed by atoms with Crippen LogP contribution in [0, 0.1) is 5.82 Å². The van der Waals surface area contributed by atoms with E-state index < -0.39 is 11.8 Å². The summed E-state index contributed by atoms with van der Waals surface area (Å²) in [6.45, 7) is 2.17. The number of aromatic nitrogens is 2. The number of anilines is 3. The lowest BCUT2D eigenvalue weighted by Crippen LogP contribution is -2.51. The number of halogens is 2. The number of hydrogen-bond donors (Lipinski definition) is 2. The van der Waals surface area contributed by atoms with Crippen LogP contribution in [0.25, 0.3) is 17.2 Å². The highest BCUT2D eigenvalue weighted by Gasteiger charge is 2.25. The number of rotatable bonds is 6. The van der Waals surface area contributed by atoms with Gasteiger partial charge in [-0.1, -0.05) is 29.8 Å². The minimum atomic E-state index is -1.03. The van der Waals surface area contributed by atoms with Gasteiger partial charge in [0.25, 0.3) is 0 Å². The largest absolute Gasteiger partial charge is 0.478 e. The second-order valence-corrected chi connectivity index (χ2v) is 9.04. The molecule has 2 heterocycles. The van der Waals surface area contributed by atoms with E-state index in [-0.39, 0.29) is 11.1 Å². The van der Waals surface area contributed by atoms with E-state index in [4.69, 9.17) is 21.7 Å². The summed E-state index contributed by atoms with van der Waals surface area (Å²) in [5, 5.41) is 12.0. The molecule has 4 rings (SSSR count). The van der Waals surface area contributed by atoms with Gasteiger partial charge in [-0.25, -0.2) is 19.0 Å². The molecule has 0 radical (unpaired) electrons. The molecule has 9 nitrogen and oxygen atoms in total. The smallest absolute Gasteiger partial charge is 0.328 e. The number of carbonyl (C=O) groups excluding carboxylic acids is 1. The van der Waals surface area contributed by atoms with Gasteiger partial charge < -0.3 is 25.1 Å². The van der Waals surface area contributed by atoms with Crippen molar-refractivity contribution in [3.05, 3.63) is 71.1 Å². The van der Waals surface area contributed by atoms with Crippen LogP contribution in [-0.4, -0.2) is 77.1 Å². The number of nitrogens with one attached hydrogen (secondary N) is 1. The predicted molar refractivity (Wildman–Crippen MR) is 142 cm³/mol. The summed E-state index contributed by atoms with van der Waals surface area (Å²) in [5.41, 5.74) is 2.81. The van der Waals surface area contributed by atoms with Crippen LogP contribution >= 0.6 is 11.6 Å². The topological polar surface area (TPSA) is 102 Å². The first-order valence-electron chi connectivity index (χ1n) is 11.5. The summed E-state index contributed by atoms with van der Waals surface area (Å²) >= 11 is 5.92. The molecule has 1 aromatic heterocycles. The summed E-state index contributed by atoms with van der Waals surface area (Å²) in [6, 6.07) is 11.6. The lowest BCUT2D eigenvalue weighted by atomic mass is 10.0. The number of carboxylic acid groups (broad SMARTS) is 1. The molecule has 0 bridgehead atoms. The van der Waals surface area contributed by atoms with E-state index >= 15 is 0 Å². The van der Waals surface area contributed by atoms with Crippen molar-refractivity contribution in [2.45, 2.75) is 0 Å². The highest BCUT2D eigenvalue weighted by atomic mass is 35.5. The molecule has 37 heavy (non-hydrogen) atoms. The van der Waals surface area contributed by atoms with Crippen LogP contribution in [0.2, 0.25) is 5.02 Å². The van der Waals surface area contributed by atoms with Crippen molar-refractivity contribution in [1.82, 2.24) is 19.8 Å². The number of piperazine rings is 1. The van der Waals surface area contributed by atoms with Gasteiger partial charge in [-0.2, -0.15) is 4.98 Å². The fraction of sp³-hybridized carbons (Fsp3) is 0.231. The first-order valence-corrected chi connectivity index (χ1v) is 11.9. The van der Waals surface area contributed by atoms with Gasteiger partial charge in [0.15, 0.2) is 0 Å². The van der Waals surface area contributed by atoms with Crippen molar-refractivity contribution in [2.24, 2.45) is 0 Å². The number of carboxylic acids is 1. The Labute approximate surface area is 218 Å².